The Kier molecular flexibility index (Phi) is 4.71. The summed E-state index contributed by atoms with van der Waals surface area (Å²) in [6.45, 7) is 1.37. The number of hydrogen-bond acceptors (Lipinski definition) is 3. The molecule has 4 nitrogen and oxygen atoms in total. The van der Waals surface area contributed by atoms with Crippen LogP contribution in [0.15, 0.2) is 36.4 Å². The number of rotatable bonds is 4. The average molecular weight is 261 g/mol. The van der Waals surface area contributed by atoms with E-state index in [9.17, 15) is 9.90 Å². The lowest BCUT2D eigenvalue weighted by atomic mass is 9.94. The lowest BCUT2D eigenvalue weighted by Crippen LogP contribution is -2.46. The zero-order chi connectivity index (χ0) is 13.6. The maximum absolute atomic E-state index is 11.7. The van der Waals surface area contributed by atoms with Crippen molar-refractivity contribution in [2.45, 2.75) is 18.4 Å². The number of amides is 1. The summed E-state index contributed by atoms with van der Waals surface area (Å²) < 4.78 is 5.19. The summed E-state index contributed by atoms with van der Waals surface area (Å²) in [6.07, 6.45) is 4.37. The van der Waals surface area contributed by atoms with Gasteiger partial charge < -0.3 is 15.2 Å². The van der Waals surface area contributed by atoms with Crippen LogP contribution in [0.3, 0.4) is 0 Å². The van der Waals surface area contributed by atoms with Gasteiger partial charge in [-0.2, -0.15) is 0 Å². The molecule has 1 aliphatic heterocycles. The van der Waals surface area contributed by atoms with Crippen molar-refractivity contribution in [3.63, 3.8) is 0 Å². The zero-order valence-corrected chi connectivity index (χ0v) is 10.8. The number of carbonyl (C=O) groups excluding carboxylic acids is 1. The van der Waals surface area contributed by atoms with Crippen LogP contribution in [0.2, 0.25) is 0 Å². The number of nitrogens with one attached hydrogen (secondary N) is 1. The minimum atomic E-state index is -0.825. The smallest absolute Gasteiger partial charge is 0.244 e. The fraction of sp³-hybridized carbons (Fsp3) is 0.400. The first-order valence-electron chi connectivity index (χ1n) is 6.49. The molecule has 19 heavy (non-hydrogen) atoms. The van der Waals surface area contributed by atoms with E-state index in [1.54, 1.807) is 6.08 Å². The van der Waals surface area contributed by atoms with Gasteiger partial charge in [-0.15, -0.1) is 0 Å². The summed E-state index contributed by atoms with van der Waals surface area (Å²) in [7, 11) is 0. The molecule has 2 N–H and O–H groups in total. The monoisotopic (exact) mass is 261 g/mol. The molecule has 102 valence electrons. The highest BCUT2D eigenvalue weighted by atomic mass is 16.5. The molecule has 1 aliphatic rings. The van der Waals surface area contributed by atoms with Crippen molar-refractivity contribution < 1.29 is 14.6 Å². The van der Waals surface area contributed by atoms with Crippen LogP contribution in [-0.4, -0.2) is 36.4 Å². The van der Waals surface area contributed by atoms with Crippen molar-refractivity contribution in [3.05, 3.63) is 42.0 Å². The second kappa shape index (κ2) is 6.50. The highest BCUT2D eigenvalue weighted by Crippen LogP contribution is 2.19. The highest BCUT2D eigenvalue weighted by molar-refractivity contribution is 5.91. The van der Waals surface area contributed by atoms with Crippen LogP contribution in [0.4, 0.5) is 0 Å². The van der Waals surface area contributed by atoms with E-state index in [-0.39, 0.29) is 12.5 Å². The van der Waals surface area contributed by atoms with Gasteiger partial charge in [0.2, 0.25) is 5.91 Å². The molecule has 0 unspecified atom stereocenters. The molecule has 0 saturated carbocycles. The minimum absolute atomic E-state index is 0.191. The van der Waals surface area contributed by atoms with Gasteiger partial charge in [0.25, 0.3) is 0 Å². The number of ether oxygens (including phenoxy) is 1. The SMILES string of the molecule is O=C(/C=C/c1ccccc1)NCC1(O)CCOCC1. The second-order valence-corrected chi connectivity index (χ2v) is 4.80. The maximum atomic E-state index is 11.7. The van der Waals surface area contributed by atoms with Gasteiger partial charge in [0.15, 0.2) is 0 Å². The molecular formula is C15H19NO3. The topological polar surface area (TPSA) is 58.6 Å². The molecule has 4 heteroatoms. The number of carbonyl (C=O) groups is 1. The number of aliphatic hydroxyl groups is 1. The van der Waals surface area contributed by atoms with Crippen LogP contribution in [0, 0.1) is 0 Å². The van der Waals surface area contributed by atoms with Crippen molar-refractivity contribution in [2.75, 3.05) is 19.8 Å². The van der Waals surface area contributed by atoms with Crippen LogP contribution < -0.4 is 5.32 Å². The molecule has 0 aromatic heterocycles. The van der Waals surface area contributed by atoms with E-state index in [1.807, 2.05) is 30.3 Å². The Morgan fingerprint density at radius 3 is 2.68 bits per heavy atom. The molecule has 1 heterocycles. The Morgan fingerprint density at radius 2 is 2.00 bits per heavy atom. The molecule has 0 aliphatic carbocycles. The summed E-state index contributed by atoms with van der Waals surface area (Å²) in [5.41, 5.74) is 0.150. The van der Waals surface area contributed by atoms with Crippen LogP contribution >= 0.6 is 0 Å². The van der Waals surface area contributed by atoms with E-state index in [0.717, 1.165) is 5.56 Å². The van der Waals surface area contributed by atoms with E-state index in [2.05, 4.69) is 5.32 Å². The van der Waals surface area contributed by atoms with Crippen molar-refractivity contribution >= 4 is 12.0 Å². The van der Waals surface area contributed by atoms with Crippen LogP contribution in [0.25, 0.3) is 6.08 Å². The lowest BCUT2D eigenvalue weighted by molar-refractivity contribution is -0.119. The van der Waals surface area contributed by atoms with Gasteiger partial charge in [-0.3, -0.25) is 4.79 Å². The summed E-state index contributed by atoms with van der Waals surface area (Å²) in [5.74, 6) is -0.191. The van der Waals surface area contributed by atoms with Crippen molar-refractivity contribution in [1.29, 1.82) is 0 Å². The van der Waals surface area contributed by atoms with E-state index in [1.165, 1.54) is 6.08 Å². The molecule has 2 rings (SSSR count). The fourth-order valence-electron chi connectivity index (χ4n) is 1.97. The normalized spacial score (nSPS) is 18.4. The van der Waals surface area contributed by atoms with Crippen LogP contribution in [0.1, 0.15) is 18.4 Å². The van der Waals surface area contributed by atoms with E-state index < -0.39 is 5.60 Å². The number of benzene rings is 1. The van der Waals surface area contributed by atoms with Gasteiger partial charge in [-0.05, 0) is 11.6 Å². The molecule has 0 bridgehead atoms. The van der Waals surface area contributed by atoms with Gasteiger partial charge in [0.05, 0.1) is 5.60 Å². The summed E-state index contributed by atoms with van der Waals surface area (Å²) >= 11 is 0. The van der Waals surface area contributed by atoms with Crippen LogP contribution in [0.5, 0.6) is 0 Å². The Hall–Kier alpha value is -1.65. The van der Waals surface area contributed by atoms with Gasteiger partial charge in [-0.1, -0.05) is 30.3 Å². The molecule has 0 atom stereocenters. The third kappa shape index (κ3) is 4.50. The Balaban J connectivity index is 1.80. The fourth-order valence-corrected chi connectivity index (χ4v) is 1.97. The molecular weight excluding hydrogens is 242 g/mol. The molecule has 1 amide bonds. The Bertz CT molecular complexity index is 436. The quantitative estimate of drug-likeness (QED) is 0.805. The average Bonchev–Trinajstić information content (AvgIpc) is 2.45. The summed E-state index contributed by atoms with van der Waals surface area (Å²) in [6, 6.07) is 9.62. The Morgan fingerprint density at radius 1 is 1.32 bits per heavy atom. The third-order valence-electron chi connectivity index (χ3n) is 3.24. The molecule has 1 aromatic carbocycles. The van der Waals surface area contributed by atoms with E-state index >= 15 is 0 Å². The second-order valence-electron chi connectivity index (χ2n) is 4.80. The lowest BCUT2D eigenvalue weighted by Gasteiger charge is -2.31. The van der Waals surface area contributed by atoms with Gasteiger partial charge >= 0.3 is 0 Å². The highest BCUT2D eigenvalue weighted by Gasteiger charge is 2.29. The van der Waals surface area contributed by atoms with Crippen molar-refractivity contribution in [1.82, 2.24) is 5.32 Å². The maximum Gasteiger partial charge on any atom is 0.244 e. The van der Waals surface area contributed by atoms with Gasteiger partial charge in [-0.25, -0.2) is 0 Å². The molecule has 0 spiro atoms. The molecule has 1 saturated heterocycles. The van der Waals surface area contributed by atoms with Crippen molar-refractivity contribution in [3.8, 4) is 0 Å². The third-order valence-corrected chi connectivity index (χ3v) is 3.24. The van der Waals surface area contributed by atoms with Crippen molar-refractivity contribution in [2.24, 2.45) is 0 Å². The predicted molar refractivity (Wildman–Crippen MR) is 73.5 cm³/mol. The first-order chi connectivity index (χ1) is 9.18. The summed E-state index contributed by atoms with van der Waals surface area (Å²) in [5, 5.41) is 12.9. The first-order valence-corrected chi connectivity index (χ1v) is 6.49. The molecule has 0 radical (unpaired) electrons. The first kappa shape index (κ1) is 13.8. The predicted octanol–water partition coefficient (Wildman–Crippen LogP) is 1.36. The summed E-state index contributed by atoms with van der Waals surface area (Å²) in [4.78, 5) is 11.7. The zero-order valence-electron chi connectivity index (χ0n) is 10.8. The van der Waals surface area contributed by atoms with Gasteiger partial charge in [0.1, 0.15) is 0 Å². The largest absolute Gasteiger partial charge is 0.388 e. The van der Waals surface area contributed by atoms with Crippen LogP contribution in [-0.2, 0) is 9.53 Å². The Labute approximate surface area is 113 Å². The molecule has 1 aromatic rings. The van der Waals surface area contributed by atoms with E-state index in [4.69, 9.17) is 4.74 Å². The van der Waals surface area contributed by atoms with Gasteiger partial charge in [0, 0.05) is 38.7 Å². The minimum Gasteiger partial charge on any atom is -0.388 e. The standard InChI is InChI=1S/C15H19NO3/c17-14(7-6-13-4-2-1-3-5-13)16-12-15(18)8-10-19-11-9-15/h1-7,18H,8-12H2,(H,16,17)/b7-6+. The molecule has 1 fully saturated rings. The van der Waals surface area contributed by atoms with E-state index in [0.29, 0.717) is 26.1 Å². The number of hydrogen-bond donors (Lipinski definition) is 2.